The fraction of sp³-hybridized carbons (Fsp3) is 0.200. The standard InChI is InChI=1S/C20H19N5O5S/c1-3-30-15-9-12(8-14(19(15)26)25(28)29)17-16(11-5-7-31-10-11)18(22-20(27)21-17)13-4-6-24(2)23-13/h4-10,17,26H,3H2,1-2H3,(H2,21,22,27)/t17-/m0/s1. The molecule has 4 rings (SSSR count). The average Bonchev–Trinajstić information content (AvgIpc) is 3.40. The van der Waals surface area contributed by atoms with Crippen LogP contribution < -0.4 is 15.4 Å². The molecule has 0 unspecified atom stereocenters. The molecule has 1 aliphatic heterocycles. The van der Waals surface area contributed by atoms with E-state index in [-0.39, 0.29) is 12.4 Å². The number of urea groups is 1. The number of nitrogens with one attached hydrogen (secondary N) is 2. The first-order chi connectivity index (χ1) is 14.9. The van der Waals surface area contributed by atoms with Crippen LogP contribution in [0.5, 0.6) is 11.5 Å². The molecule has 0 radical (unpaired) electrons. The molecular weight excluding hydrogens is 422 g/mol. The quantitative estimate of drug-likeness (QED) is 0.397. The third-order valence-electron chi connectivity index (χ3n) is 4.78. The van der Waals surface area contributed by atoms with E-state index in [1.165, 1.54) is 23.5 Å². The number of phenolic OH excluding ortho intramolecular Hbond substituents is 1. The number of phenols is 1. The summed E-state index contributed by atoms with van der Waals surface area (Å²) in [6.07, 6.45) is 1.76. The van der Waals surface area contributed by atoms with Crippen molar-refractivity contribution < 1.29 is 19.6 Å². The van der Waals surface area contributed by atoms with Crippen LogP contribution in [-0.4, -0.2) is 32.4 Å². The molecule has 0 spiro atoms. The number of carbonyl (C=O) groups is 1. The number of benzene rings is 1. The minimum Gasteiger partial charge on any atom is -0.500 e. The summed E-state index contributed by atoms with van der Waals surface area (Å²) in [5.74, 6) is -0.578. The highest BCUT2D eigenvalue weighted by Gasteiger charge is 2.33. The van der Waals surface area contributed by atoms with Crippen LogP contribution in [-0.2, 0) is 7.05 Å². The van der Waals surface area contributed by atoms with Crippen LogP contribution in [0, 0.1) is 10.1 Å². The van der Waals surface area contributed by atoms with Crippen molar-refractivity contribution in [3.8, 4) is 11.5 Å². The smallest absolute Gasteiger partial charge is 0.320 e. The Labute approximate surface area is 180 Å². The van der Waals surface area contributed by atoms with E-state index in [1.807, 2.05) is 16.8 Å². The van der Waals surface area contributed by atoms with Crippen LogP contribution in [0.2, 0.25) is 0 Å². The number of thiophene rings is 1. The molecule has 10 nitrogen and oxygen atoms in total. The molecule has 31 heavy (non-hydrogen) atoms. The van der Waals surface area contributed by atoms with Gasteiger partial charge in [-0.15, -0.1) is 0 Å². The Bertz CT molecular complexity index is 1180. The molecule has 1 atom stereocenters. The number of nitro benzene ring substituents is 1. The van der Waals surface area contributed by atoms with Crippen molar-refractivity contribution in [1.82, 2.24) is 20.4 Å². The van der Waals surface area contributed by atoms with Crippen molar-refractivity contribution in [2.45, 2.75) is 13.0 Å². The fourth-order valence-electron chi connectivity index (χ4n) is 3.48. The Morgan fingerprint density at radius 3 is 2.81 bits per heavy atom. The highest BCUT2D eigenvalue weighted by molar-refractivity contribution is 7.08. The van der Waals surface area contributed by atoms with Crippen LogP contribution in [0.3, 0.4) is 0 Å². The van der Waals surface area contributed by atoms with Gasteiger partial charge in [0.25, 0.3) is 0 Å². The molecule has 0 fully saturated rings. The van der Waals surface area contributed by atoms with Gasteiger partial charge in [-0.3, -0.25) is 14.8 Å². The normalized spacial score (nSPS) is 16.1. The van der Waals surface area contributed by atoms with Gasteiger partial charge in [0.1, 0.15) is 5.69 Å². The molecular formula is C20H19N5O5S. The van der Waals surface area contributed by atoms with E-state index in [2.05, 4.69) is 15.7 Å². The molecule has 11 heteroatoms. The second-order valence-electron chi connectivity index (χ2n) is 6.78. The van der Waals surface area contributed by atoms with Crippen molar-refractivity contribution in [3.63, 3.8) is 0 Å². The zero-order valence-electron chi connectivity index (χ0n) is 16.7. The van der Waals surface area contributed by atoms with Gasteiger partial charge in [-0.25, -0.2) is 4.79 Å². The van der Waals surface area contributed by atoms with Gasteiger partial charge in [0.15, 0.2) is 5.75 Å². The van der Waals surface area contributed by atoms with Gasteiger partial charge in [0.2, 0.25) is 5.75 Å². The molecule has 3 aromatic rings. The summed E-state index contributed by atoms with van der Waals surface area (Å²) in [5.41, 5.74) is 2.48. The van der Waals surface area contributed by atoms with Gasteiger partial charge in [0.05, 0.1) is 23.3 Å². The Morgan fingerprint density at radius 1 is 1.39 bits per heavy atom. The molecule has 2 aromatic heterocycles. The van der Waals surface area contributed by atoms with Crippen molar-refractivity contribution in [2.75, 3.05) is 6.61 Å². The third kappa shape index (κ3) is 3.82. The van der Waals surface area contributed by atoms with Gasteiger partial charge in [-0.2, -0.15) is 16.4 Å². The number of hydrogen-bond acceptors (Lipinski definition) is 7. The molecule has 160 valence electrons. The summed E-state index contributed by atoms with van der Waals surface area (Å²) in [5, 5.41) is 35.7. The molecule has 3 heterocycles. The number of aromatic hydroxyl groups is 1. The van der Waals surface area contributed by atoms with Crippen LogP contribution in [0.25, 0.3) is 11.3 Å². The summed E-state index contributed by atoms with van der Waals surface area (Å²) in [6.45, 7) is 1.92. The van der Waals surface area contributed by atoms with Gasteiger partial charge in [0, 0.05) is 24.9 Å². The largest absolute Gasteiger partial charge is 0.500 e. The van der Waals surface area contributed by atoms with Crippen molar-refractivity contribution in [3.05, 3.63) is 68.2 Å². The number of nitro groups is 1. The average molecular weight is 441 g/mol. The number of ether oxygens (including phenoxy) is 1. The van der Waals surface area contributed by atoms with Crippen LogP contribution >= 0.6 is 11.3 Å². The maximum Gasteiger partial charge on any atom is 0.320 e. The van der Waals surface area contributed by atoms with E-state index < -0.39 is 28.4 Å². The summed E-state index contributed by atoms with van der Waals surface area (Å²) >= 11 is 1.48. The molecule has 3 N–H and O–H groups in total. The zero-order valence-corrected chi connectivity index (χ0v) is 17.5. The van der Waals surface area contributed by atoms with Crippen molar-refractivity contribution in [1.29, 1.82) is 0 Å². The number of rotatable bonds is 6. The van der Waals surface area contributed by atoms with Crippen molar-refractivity contribution >= 4 is 34.3 Å². The lowest BCUT2D eigenvalue weighted by Gasteiger charge is -2.30. The first kappa shape index (κ1) is 20.4. The minimum absolute atomic E-state index is 0.0245. The van der Waals surface area contributed by atoms with Gasteiger partial charge < -0.3 is 20.5 Å². The molecule has 0 bridgehead atoms. The minimum atomic E-state index is -0.737. The number of aryl methyl sites for hydroxylation is 1. The lowest BCUT2D eigenvalue weighted by molar-refractivity contribution is -0.386. The summed E-state index contributed by atoms with van der Waals surface area (Å²) in [6, 6.07) is 5.21. The summed E-state index contributed by atoms with van der Waals surface area (Å²) in [4.78, 5) is 23.4. The number of amides is 2. The number of nitrogens with zero attached hydrogens (tertiary/aromatic N) is 3. The molecule has 2 amide bonds. The maximum absolute atomic E-state index is 12.5. The molecule has 1 aromatic carbocycles. The van der Waals surface area contributed by atoms with Gasteiger partial charge >= 0.3 is 11.7 Å². The Morgan fingerprint density at radius 2 is 2.19 bits per heavy atom. The van der Waals surface area contributed by atoms with Gasteiger partial charge in [-0.05, 0) is 47.0 Å². The summed E-state index contributed by atoms with van der Waals surface area (Å²) < 4.78 is 7.03. The highest BCUT2D eigenvalue weighted by Crippen LogP contribution is 2.44. The second kappa shape index (κ2) is 8.11. The second-order valence-corrected chi connectivity index (χ2v) is 7.56. The highest BCUT2D eigenvalue weighted by atomic mass is 32.1. The predicted octanol–water partition coefficient (Wildman–Crippen LogP) is 3.42. The third-order valence-corrected chi connectivity index (χ3v) is 5.46. The monoisotopic (exact) mass is 441 g/mol. The van der Waals surface area contributed by atoms with E-state index in [0.717, 1.165) is 5.56 Å². The zero-order chi connectivity index (χ0) is 22.1. The molecule has 0 aliphatic carbocycles. The van der Waals surface area contributed by atoms with E-state index >= 15 is 0 Å². The van der Waals surface area contributed by atoms with E-state index in [0.29, 0.717) is 22.5 Å². The Kier molecular flexibility index (Phi) is 5.34. The molecule has 1 aliphatic rings. The fourth-order valence-corrected chi connectivity index (χ4v) is 4.13. The predicted molar refractivity (Wildman–Crippen MR) is 115 cm³/mol. The number of carbonyl (C=O) groups excluding carboxylic acids is 1. The van der Waals surface area contributed by atoms with E-state index in [4.69, 9.17) is 4.74 Å². The number of hydrogen-bond donors (Lipinski definition) is 3. The lowest BCUT2D eigenvalue weighted by Crippen LogP contribution is -2.43. The van der Waals surface area contributed by atoms with E-state index in [9.17, 15) is 20.0 Å². The maximum atomic E-state index is 12.5. The number of aromatic nitrogens is 2. The topological polar surface area (TPSA) is 132 Å². The van der Waals surface area contributed by atoms with E-state index in [1.54, 1.807) is 30.9 Å². The lowest BCUT2D eigenvalue weighted by atomic mass is 9.90. The van der Waals surface area contributed by atoms with Crippen LogP contribution in [0.4, 0.5) is 10.5 Å². The van der Waals surface area contributed by atoms with Gasteiger partial charge in [-0.1, -0.05) is 0 Å². The SMILES string of the molecule is CCOc1cc([C@@H]2NC(=O)NC(c3ccn(C)n3)=C2c2ccsc2)cc([N+](=O)[O-])c1O. The van der Waals surface area contributed by atoms with Crippen LogP contribution in [0.15, 0.2) is 41.2 Å². The first-order valence-electron chi connectivity index (χ1n) is 9.37. The molecule has 0 saturated heterocycles. The molecule has 0 saturated carbocycles. The van der Waals surface area contributed by atoms with Crippen molar-refractivity contribution in [2.24, 2.45) is 7.05 Å². The van der Waals surface area contributed by atoms with Crippen LogP contribution in [0.1, 0.15) is 29.8 Å². The first-order valence-corrected chi connectivity index (χ1v) is 10.3. The Balaban J connectivity index is 1.96. The summed E-state index contributed by atoms with van der Waals surface area (Å²) in [7, 11) is 1.77. The Hall–Kier alpha value is -3.86.